The first-order chi connectivity index (χ1) is 17.4. The molecule has 1 atom stereocenters. The maximum atomic E-state index is 13.7. The van der Waals surface area contributed by atoms with Crippen LogP contribution in [-0.4, -0.2) is 50.0 Å². The Labute approximate surface area is 231 Å². The molecule has 0 radical (unpaired) electrons. The summed E-state index contributed by atoms with van der Waals surface area (Å²) in [5, 5.41) is 3.37. The number of benzene rings is 2. The standard InChI is InChI=1S/C25H29Cl3FN3O4S/c1-3-23(25(34)30-17-6-4-5-7-17)31(14-16-8-10-19(26)20(27)12-16)24(33)15-32(37(2,35)36)18-9-11-22(29)21(28)13-18/h8-13,17,23H,3-7,14-15H2,1-2H3,(H,30,34). The molecule has 3 rings (SSSR count). The van der Waals surface area contributed by atoms with Crippen molar-refractivity contribution >= 4 is 62.3 Å². The van der Waals surface area contributed by atoms with Gasteiger partial charge in [-0.2, -0.15) is 0 Å². The van der Waals surface area contributed by atoms with E-state index in [2.05, 4.69) is 5.32 Å². The van der Waals surface area contributed by atoms with Crippen LogP contribution in [0.15, 0.2) is 36.4 Å². The maximum Gasteiger partial charge on any atom is 0.244 e. The minimum Gasteiger partial charge on any atom is -0.352 e. The van der Waals surface area contributed by atoms with Crippen molar-refractivity contribution in [2.75, 3.05) is 17.1 Å². The normalized spacial score (nSPS) is 14.9. The molecule has 0 aromatic heterocycles. The van der Waals surface area contributed by atoms with E-state index in [4.69, 9.17) is 34.8 Å². The first-order valence-electron chi connectivity index (χ1n) is 11.9. The third-order valence-electron chi connectivity index (χ3n) is 6.29. The van der Waals surface area contributed by atoms with Crippen LogP contribution in [0.25, 0.3) is 0 Å². The molecular formula is C25H29Cl3FN3O4S. The molecule has 1 unspecified atom stereocenters. The van der Waals surface area contributed by atoms with Gasteiger partial charge in [0.1, 0.15) is 18.4 Å². The van der Waals surface area contributed by atoms with E-state index >= 15 is 0 Å². The predicted molar refractivity (Wildman–Crippen MR) is 145 cm³/mol. The van der Waals surface area contributed by atoms with Gasteiger partial charge in [0.2, 0.25) is 21.8 Å². The van der Waals surface area contributed by atoms with Gasteiger partial charge in [0.05, 0.1) is 27.0 Å². The number of sulfonamides is 1. The fourth-order valence-electron chi connectivity index (χ4n) is 4.38. The van der Waals surface area contributed by atoms with Gasteiger partial charge in [-0.25, -0.2) is 12.8 Å². The summed E-state index contributed by atoms with van der Waals surface area (Å²) in [6, 6.07) is 7.44. The summed E-state index contributed by atoms with van der Waals surface area (Å²) in [5.74, 6) is -1.65. The molecule has 0 heterocycles. The molecule has 1 N–H and O–H groups in total. The second-order valence-corrected chi connectivity index (χ2v) is 12.2. The quantitative estimate of drug-likeness (QED) is 0.399. The van der Waals surface area contributed by atoms with Crippen LogP contribution in [0.1, 0.15) is 44.6 Å². The Kier molecular flexibility index (Phi) is 10.1. The number of carbonyl (C=O) groups is 2. The summed E-state index contributed by atoms with van der Waals surface area (Å²) in [7, 11) is -3.97. The number of halogens is 4. The van der Waals surface area contributed by atoms with E-state index in [1.54, 1.807) is 25.1 Å². The average Bonchev–Trinajstić information content (AvgIpc) is 3.33. The van der Waals surface area contributed by atoms with E-state index < -0.39 is 34.3 Å². The van der Waals surface area contributed by atoms with Gasteiger partial charge in [-0.15, -0.1) is 0 Å². The minimum absolute atomic E-state index is 0.00586. The van der Waals surface area contributed by atoms with E-state index in [0.717, 1.165) is 48.4 Å². The number of rotatable bonds is 10. The third-order valence-corrected chi connectivity index (χ3v) is 8.46. The van der Waals surface area contributed by atoms with Crippen molar-refractivity contribution in [2.24, 2.45) is 0 Å². The van der Waals surface area contributed by atoms with Gasteiger partial charge in [-0.3, -0.25) is 13.9 Å². The Hall–Kier alpha value is -2.07. The van der Waals surface area contributed by atoms with Crippen molar-refractivity contribution in [3.05, 3.63) is 62.8 Å². The van der Waals surface area contributed by atoms with Gasteiger partial charge in [0.15, 0.2) is 0 Å². The van der Waals surface area contributed by atoms with Gasteiger partial charge in [0.25, 0.3) is 0 Å². The molecule has 12 heteroatoms. The van der Waals surface area contributed by atoms with Crippen LogP contribution in [0.2, 0.25) is 15.1 Å². The van der Waals surface area contributed by atoms with E-state index in [-0.39, 0.29) is 34.2 Å². The number of nitrogens with zero attached hydrogens (tertiary/aromatic N) is 2. The third kappa shape index (κ3) is 7.72. The van der Waals surface area contributed by atoms with Gasteiger partial charge in [-0.1, -0.05) is 60.6 Å². The lowest BCUT2D eigenvalue weighted by atomic mass is 10.1. The Bertz CT molecular complexity index is 1260. The van der Waals surface area contributed by atoms with Gasteiger partial charge < -0.3 is 10.2 Å². The minimum atomic E-state index is -3.97. The SMILES string of the molecule is CCC(C(=O)NC1CCCC1)N(Cc1ccc(Cl)c(Cl)c1)C(=O)CN(c1ccc(F)c(Cl)c1)S(C)(=O)=O. The molecule has 2 amide bonds. The number of hydrogen-bond donors (Lipinski definition) is 1. The zero-order valence-electron chi connectivity index (χ0n) is 20.5. The number of carbonyl (C=O) groups excluding carboxylic acids is 2. The van der Waals surface area contributed by atoms with Gasteiger partial charge in [0, 0.05) is 12.6 Å². The molecule has 0 spiro atoms. The summed E-state index contributed by atoms with van der Waals surface area (Å²) in [4.78, 5) is 28.3. The Balaban J connectivity index is 1.95. The van der Waals surface area contributed by atoms with Crippen LogP contribution in [0.3, 0.4) is 0 Å². The van der Waals surface area contributed by atoms with Crippen molar-refractivity contribution < 1.29 is 22.4 Å². The lowest BCUT2D eigenvalue weighted by Crippen LogP contribution is -2.53. The van der Waals surface area contributed by atoms with Gasteiger partial charge >= 0.3 is 0 Å². The molecule has 2 aromatic rings. The summed E-state index contributed by atoms with van der Waals surface area (Å²) < 4.78 is 39.8. The molecular weight excluding hydrogens is 564 g/mol. The van der Waals surface area contributed by atoms with Crippen molar-refractivity contribution in [3.8, 4) is 0 Å². The van der Waals surface area contributed by atoms with Crippen LogP contribution in [-0.2, 0) is 26.2 Å². The van der Waals surface area contributed by atoms with E-state index in [9.17, 15) is 22.4 Å². The summed E-state index contributed by atoms with van der Waals surface area (Å²) in [5.41, 5.74) is 0.644. The van der Waals surface area contributed by atoms with E-state index in [1.807, 2.05) is 0 Å². The molecule has 0 aliphatic heterocycles. The highest BCUT2D eigenvalue weighted by atomic mass is 35.5. The van der Waals surface area contributed by atoms with Crippen molar-refractivity contribution in [3.63, 3.8) is 0 Å². The largest absolute Gasteiger partial charge is 0.352 e. The molecule has 1 fully saturated rings. The van der Waals surface area contributed by atoms with Crippen molar-refractivity contribution in [2.45, 2.75) is 57.7 Å². The Morgan fingerprint density at radius 2 is 1.73 bits per heavy atom. The van der Waals surface area contributed by atoms with Crippen LogP contribution >= 0.6 is 34.8 Å². The van der Waals surface area contributed by atoms with Gasteiger partial charge in [-0.05, 0) is 55.2 Å². The molecule has 0 saturated heterocycles. The first-order valence-corrected chi connectivity index (χ1v) is 14.9. The fourth-order valence-corrected chi connectivity index (χ4v) is 5.71. The number of nitrogens with one attached hydrogen (secondary N) is 1. The summed E-state index contributed by atoms with van der Waals surface area (Å²) in [6.07, 6.45) is 5.03. The molecule has 37 heavy (non-hydrogen) atoms. The zero-order valence-corrected chi connectivity index (χ0v) is 23.6. The van der Waals surface area contributed by atoms with Crippen molar-refractivity contribution in [1.82, 2.24) is 10.2 Å². The highest BCUT2D eigenvalue weighted by Gasteiger charge is 2.33. The lowest BCUT2D eigenvalue weighted by molar-refractivity contribution is -0.140. The molecule has 7 nitrogen and oxygen atoms in total. The molecule has 1 saturated carbocycles. The Morgan fingerprint density at radius 3 is 2.30 bits per heavy atom. The zero-order chi connectivity index (χ0) is 27.3. The van der Waals surface area contributed by atoms with Crippen LogP contribution in [0.5, 0.6) is 0 Å². The summed E-state index contributed by atoms with van der Waals surface area (Å²) >= 11 is 18.1. The van der Waals surface area contributed by atoms with E-state index in [1.165, 1.54) is 11.0 Å². The van der Waals surface area contributed by atoms with Crippen LogP contribution < -0.4 is 9.62 Å². The van der Waals surface area contributed by atoms with Crippen LogP contribution in [0.4, 0.5) is 10.1 Å². The number of hydrogen-bond acceptors (Lipinski definition) is 4. The highest BCUT2D eigenvalue weighted by molar-refractivity contribution is 7.92. The van der Waals surface area contributed by atoms with Crippen molar-refractivity contribution in [1.29, 1.82) is 0 Å². The predicted octanol–water partition coefficient (Wildman–Crippen LogP) is 5.42. The number of amides is 2. The molecule has 0 bridgehead atoms. The smallest absolute Gasteiger partial charge is 0.244 e. The monoisotopic (exact) mass is 591 g/mol. The lowest BCUT2D eigenvalue weighted by Gasteiger charge is -2.33. The van der Waals surface area contributed by atoms with Crippen LogP contribution in [0, 0.1) is 5.82 Å². The first kappa shape index (κ1) is 29.5. The molecule has 1 aliphatic carbocycles. The Morgan fingerprint density at radius 1 is 1.05 bits per heavy atom. The number of anilines is 1. The van der Waals surface area contributed by atoms with E-state index in [0.29, 0.717) is 17.0 Å². The topological polar surface area (TPSA) is 86.8 Å². The molecule has 2 aromatic carbocycles. The average molecular weight is 593 g/mol. The highest BCUT2D eigenvalue weighted by Crippen LogP contribution is 2.27. The fraction of sp³-hybridized carbons (Fsp3) is 0.440. The molecule has 1 aliphatic rings. The second-order valence-electron chi connectivity index (χ2n) is 9.05. The maximum absolute atomic E-state index is 13.7. The molecule has 202 valence electrons. The summed E-state index contributed by atoms with van der Waals surface area (Å²) in [6.45, 7) is 1.16. The second kappa shape index (κ2) is 12.7.